The van der Waals surface area contributed by atoms with Gasteiger partial charge in [-0.3, -0.25) is 4.79 Å². The molecule has 0 spiro atoms. The highest BCUT2D eigenvalue weighted by Crippen LogP contribution is 2.28. The molecule has 0 atom stereocenters. The molecule has 0 aliphatic rings. The Morgan fingerprint density at radius 2 is 1.32 bits per heavy atom. The molecule has 2 heteroatoms. The van der Waals surface area contributed by atoms with Crippen LogP contribution < -0.4 is 5.73 Å². The monoisotopic (exact) mass is 337 g/mol. The van der Waals surface area contributed by atoms with Gasteiger partial charge in [-0.2, -0.15) is 0 Å². The van der Waals surface area contributed by atoms with Gasteiger partial charge in [0.2, 0.25) is 5.91 Å². The topological polar surface area (TPSA) is 43.1 Å². The van der Waals surface area contributed by atoms with Crippen molar-refractivity contribution in [1.82, 2.24) is 0 Å². The van der Waals surface area contributed by atoms with Crippen LogP contribution in [-0.4, -0.2) is 5.91 Å². The first kappa shape index (κ1) is 19.2. The lowest BCUT2D eigenvalue weighted by Crippen LogP contribution is -2.19. The van der Waals surface area contributed by atoms with Crippen molar-refractivity contribution in [2.24, 2.45) is 16.6 Å². The second kappa shape index (κ2) is 7.43. The summed E-state index contributed by atoms with van der Waals surface area (Å²) in [5, 5.41) is 0. The molecule has 0 aromatic heterocycles. The Hall–Kier alpha value is -2.09. The highest BCUT2D eigenvalue weighted by atomic mass is 16.1. The third kappa shape index (κ3) is 6.38. The van der Waals surface area contributed by atoms with Gasteiger partial charge in [0.05, 0.1) is 0 Å². The number of carbonyl (C=O) groups is 1. The van der Waals surface area contributed by atoms with Crippen molar-refractivity contribution in [3.05, 3.63) is 70.8 Å². The molecule has 0 aliphatic carbocycles. The summed E-state index contributed by atoms with van der Waals surface area (Å²) in [5.41, 5.74) is 10.3. The predicted octanol–water partition coefficient (Wildman–Crippen LogP) is 5.19. The fourth-order valence-corrected chi connectivity index (χ4v) is 3.39. The van der Waals surface area contributed by atoms with E-state index >= 15 is 0 Å². The third-order valence-electron chi connectivity index (χ3n) is 4.33. The number of amides is 1. The lowest BCUT2D eigenvalue weighted by atomic mass is 9.79. The van der Waals surface area contributed by atoms with Gasteiger partial charge in [-0.25, -0.2) is 0 Å². The second-order valence-corrected chi connectivity index (χ2v) is 9.14. The molecule has 25 heavy (non-hydrogen) atoms. The Morgan fingerprint density at radius 1 is 0.800 bits per heavy atom. The van der Waals surface area contributed by atoms with Crippen molar-refractivity contribution in [3.63, 3.8) is 0 Å². The number of hydrogen-bond acceptors (Lipinski definition) is 1. The summed E-state index contributed by atoms with van der Waals surface area (Å²) < 4.78 is 0. The van der Waals surface area contributed by atoms with Crippen molar-refractivity contribution in [2.45, 2.75) is 53.9 Å². The minimum Gasteiger partial charge on any atom is -0.366 e. The summed E-state index contributed by atoms with van der Waals surface area (Å²) in [7, 11) is 0. The molecule has 0 bridgehead atoms. The minimum atomic E-state index is -0.367. The average molecular weight is 338 g/mol. The molecule has 0 radical (unpaired) electrons. The van der Waals surface area contributed by atoms with Crippen LogP contribution in [0, 0.1) is 10.8 Å². The van der Waals surface area contributed by atoms with E-state index in [9.17, 15) is 4.79 Å². The fraction of sp³-hybridized carbons (Fsp3) is 0.435. The Balaban J connectivity index is 2.05. The van der Waals surface area contributed by atoms with Crippen LogP contribution in [0.2, 0.25) is 0 Å². The van der Waals surface area contributed by atoms with E-state index in [1.54, 1.807) is 6.07 Å². The summed E-state index contributed by atoms with van der Waals surface area (Å²) in [6.45, 7) is 11.3. The van der Waals surface area contributed by atoms with E-state index < -0.39 is 0 Å². The zero-order valence-corrected chi connectivity index (χ0v) is 16.2. The molecular formula is C23H31NO. The third-order valence-corrected chi connectivity index (χ3v) is 4.33. The molecule has 2 nitrogen and oxygen atoms in total. The van der Waals surface area contributed by atoms with Crippen molar-refractivity contribution < 1.29 is 4.79 Å². The number of rotatable bonds is 6. The van der Waals surface area contributed by atoms with E-state index in [4.69, 9.17) is 5.73 Å². The van der Waals surface area contributed by atoms with Crippen LogP contribution in [0.15, 0.2) is 48.5 Å². The Kier molecular flexibility index (Phi) is 5.72. The standard InChI is InChI=1S/C23H31NO/c1-22(2,3)14-17-9-11-18(12-10-17)15-23(4,5)16-19-7-6-8-20(13-19)21(24)25/h6-13H,14-16H2,1-5H3,(H2,24,25). The van der Waals surface area contributed by atoms with Gasteiger partial charge in [-0.1, -0.05) is 71.0 Å². The molecule has 0 aliphatic heterocycles. The molecule has 0 saturated heterocycles. The summed E-state index contributed by atoms with van der Waals surface area (Å²) in [6, 6.07) is 16.7. The number of carbonyl (C=O) groups excluding carboxylic acids is 1. The Morgan fingerprint density at radius 3 is 1.84 bits per heavy atom. The van der Waals surface area contributed by atoms with Crippen LogP contribution in [0.5, 0.6) is 0 Å². The van der Waals surface area contributed by atoms with Crippen molar-refractivity contribution in [3.8, 4) is 0 Å². The molecule has 0 heterocycles. The first-order chi connectivity index (χ1) is 11.5. The van der Waals surface area contributed by atoms with E-state index in [1.807, 2.05) is 12.1 Å². The van der Waals surface area contributed by atoms with E-state index in [-0.39, 0.29) is 11.3 Å². The van der Waals surface area contributed by atoms with Crippen LogP contribution >= 0.6 is 0 Å². The van der Waals surface area contributed by atoms with Crippen LogP contribution in [0.4, 0.5) is 0 Å². The fourth-order valence-electron chi connectivity index (χ4n) is 3.39. The van der Waals surface area contributed by atoms with Gasteiger partial charge in [0.1, 0.15) is 0 Å². The molecule has 2 aromatic carbocycles. The SMILES string of the molecule is CC(C)(C)Cc1ccc(CC(C)(C)Cc2cccc(C(N)=O)c2)cc1. The van der Waals surface area contributed by atoms with Crippen LogP contribution in [0.25, 0.3) is 0 Å². The Bertz CT molecular complexity index is 721. The quantitative estimate of drug-likeness (QED) is 0.775. The number of hydrogen-bond donors (Lipinski definition) is 1. The molecule has 0 saturated carbocycles. The highest BCUT2D eigenvalue weighted by molar-refractivity contribution is 5.92. The number of benzene rings is 2. The van der Waals surface area contributed by atoms with Gasteiger partial charge < -0.3 is 5.73 Å². The van der Waals surface area contributed by atoms with Gasteiger partial charge in [-0.05, 0) is 58.9 Å². The summed E-state index contributed by atoms with van der Waals surface area (Å²) in [6.07, 6.45) is 3.01. The van der Waals surface area contributed by atoms with Crippen LogP contribution in [0.1, 0.15) is 61.7 Å². The van der Waals surface area contributed by atoms with E-state index in [2.05, 4.69) is 65.0 Å². The first-order valence-corrected chi connectivity index (χ1v) is 9.01. The largest absolute Gasteiger partial charge is 0.366 e. The lowest BCUT2D eigenvalue weighted by molar-refractivity contribution is 0.1000. The summed E-state index contributed by atoms with van der Waals surface area (Å²) in [4.78, 5) is 11.4. The van der Waals surface area contributed by atoms with Gasteiger partial charge in [0.25, 0.3) is 0 Å². The van der Waals surface area contributed by atoms with Crippen LogP contribution in [0.3, 0.4) is 0 Å². The average Bonchev–Trinajstić information content (AvgIpc) is 2.47. The van der Waals surface area contributed by atoms with Gasteiger partial charge in [0.15, 0.2) is 0 Å². The van der Waals surface area contributed by atoms with Crippen molar-refractivity contribution >= 4 is 5.91 Å². The van der Waals surface area contributed by atoms with Gasteiger partial charge >= 0.3 is 0 Å². The maximum Gasteiger partial charge on any atom is 0.248 e. The van der Waals surface area contributed by atoms with Crippen LogP contribution in [-0.2, 0) is 19.3 Å². The van der Waals surface area contributed by atoms with Crippen molar-refractivity contribution in [2.75, 3.05) is 0 Å². The molecule has 2 N–H and O–H groups in total. The molecule has 2 rings (SSSR count). The normalized spacial score (nSPS) is 12.2. The van der Waals surface area contributed by atoms with Gasteiger partial charge in [-0.15, -0.1) is 0 Å². The maximum absolute atomic E-state index is 11.4. The molecule has 134 valence electrons. The summed E-state index contributed by atoms with van der Waals surface area (Å²) in [5.74, 6) is -0.367. The first-order valence-electron chi connectivity index (χ1n) is 9.01. The molecule has 2 aromatic rings. The number of nitrogens with two attached hydrogens (primary N) is 1. The van der Waals surface area contributed by atoms with Gasteiger partial charge in [0, 0.05) is 5.56 Å². The zero-order valence-electron chi connectivity index (χ0n) is 16.2. The summed E-state index contributed by atoms with van der Waals surface area (Å²) >= 11 is 0. The molecule has 0 fully saturated rings. The minimum absolute atomic E-state index is 0.113. The molecule has 0 unspecified atom stereocenters. The maximum atomic E-state index is 11.4. The van der Waals surface area contributed by atoms with E-state index in [0.717, 1.165) is 24.8 Å². The number of primary amides is 1. The highest BCUT2D eigenvalue weighted by Gasteiger charge is 2.20. The Labute approximate surface area is 152 Å². The van der Waals surface area contributed by atoms with Crippen molar-refractivity contribution in [1.29, 1.82) is 0 Å². The smallest absolute Gasteiger partial charge is 0.248 e. The molecular weight excluding hydrogens is 306 g/mol. The second-order valence-electron chi connectivity index (χ2n) is 9.14. The van der Waals surface area contributed by atoms with E-state index in [0.29, 0.717) is 11.0 Å². The zero-order chi connectivity index (χ0) is 18.7. The predicted molar refractivity (Wildman–Crippen MR) is 106 cm³/mol. The lowest BCUT2D eigenvalue weighted by Gasteiger charge is -2.25. The van der Waals surface area contributed by atoms with E-state index in [1.165, 1.54) is 11.1 Å². The molecule has 1 amide bonds.